The lowest BCUT2D eigenvalue weighted by atomic mass is 10.0. The van der Waals surface area contributed by atoms with Crippen molar-refractivity contribution in [2.75, 3.05) is 5.73 Å². The van der Waals surface area contributed by atoms with Crippen molar-refractivity contribution in [3.05, 3.63) is 53.7 Å². The predicted octanol–water partition coefficient (Wildman–Crippen LogP) is 3.03. The van der Waals surface area contributed by atoms with Gasteiger partial charge in [-0.2, -0.15) is 0 Å². The zero-order chi connectivity index (χ0) is 14.8. The van der Waals surface area contributed by atoms with Crippen LogP contribution in [0.25, 0.3) is 0 Å². The van der Waals surface area contributed by atoms with Crippen molar-refractivity contribution < 1.29 is 17.9 Å². The van der Waals surface area contributed by atoms with Crippen molar-refractivity contribution in [3.63, 3.8) is 0 Å². The summed E-state index contributed by atoms with van der Waals surface area (Å²) < 4.78 is 39.9. The molecule has 4 N–H and O–H groups in total. The molecule has 0 saturated carbocycles. The second kappa shape index (κ2) is 6.64. The number of hydrogen-bond donors (Lipinski definition) is 2. The molecule has 21 heavy (non-hydrogen) atoms. The molecule has 0 fully saturated rings. The van der Waals surface area contributed by atoms with Gasteiger partial charge in [0, 0.05) is 11.8 Å². The van der Waals surface area contributed by atoms with Crippen LogP contribution in [0.3, 0.4) is 0 Å². The maximum absolute atomic E-state index is 12.0. The molecule has 114 valence electrons. The largest absolute Gasteiger partial charge is 0.573 e. The smallest absolute Gasteiger partial charge is 0.406 e. The number of alkyl halides is 3. The molecular formula is C13H13ClF3N3O. The fourth-order valence-corrected chi connectivity index (χ4v) is 1.75. The van der Waals surface area contributed by atoms with Crippen LogP contribution < -0.4 is 16.2 Å². The number of pyridine rings is 1. The lowest BCUT2D eigenvalue weighted by Crippen LogP contribution is -2.17. The van der Waals surface area contributed by atoms with Crippen molar-refractivity contribution in [1.82, 2.24) is 4.98 Å². The Balaban J connectivity index is 0.00000220. The number of ether oxygens (including phenoxy) is 1. The van der Waals surface area contributed by atoms with Gasteiger partial charge in [0.05, 0.1) is 6.04 Å². The van der Waals surface area contributed by atoms with E-state index in [-0.39, 0.29) is 24.0 Å². The number of nitrogens with two attached hydrogens (primary N) is 2. The van der Waals surface area contributed by atoms with E-state index in [2.05, 4.69) is 9.72 Å². The van der Waals surface area contributed by atoms with E-state index in [9.17, 15) is 13.2 Å². The Morgan fingerprint density at radius 3 is 2.24 bits per heavy atom. The van der Waals surface area contributed by atoms with Crippen molar-refractivity contribution in [3.8, 4) is 5.75 Å². The second-order valence-corrected chi connectivity index (χ2v) is 4.07. The highest BCUT2D eigenvalue weighted by Crippen LogP contribution is 2.27. The van der Waals surface area contributed by atoms with Gasteiger partial charge in [-0.05, 0) is 23.8 Å². The van der Waals surface area contributed by atoms with Crippen LogP contribution in [0.4, 0.5) is 19.0 Å². The highest BCUT2D eigenvalue weighted by molar-refractivity contribution is 5.85. The maximum atomic E-state index is 12.0. The Kier molecular flexibility index (Phi) is 5.40. The summed E-state index contributed by atoms with van der Waals surface area (Å²) in [6, 6.07) is 8.16. The third-order valence-corrected chi connectivity index (χ3v) is 2.68. The van der Waals surface area contributed by atoms with Crippen molar-refractivity contribution >= 4 is 18.2 Å². The SMILES string of the molecule is Cl.Nc1ncccc1[C@H](N)c1ccc(OC(F)(F)F)cc1. The van der Waals surface area contributed by atoms with E-state index >= 15 is 0 Å². The number of benzene rings is 1. The topological polar surface area (TPSA) is 74.2 Å². The molecule has 0 spiro atoms. The van der Waals surface area contributed by atoms with Crippen molar-refractivity contribution in [2.45, 2.75) is 12.4 Å². The molecule has 1 aromatic heterocycles. The van der Waals surface area contributed by atoms with Crippen LogP contribution >= 0.6 is 12.4 Å². The summed E-state index contributed by atoms with van der Waals surface area (Å²) in [5, 5.41) is 0. The molecule has 0 aliphatic heterocycles. The van der Waals surface area contributed by atoms with Gasteiger partial charge in [-0.1, -0.05) is 18.2 Å². The van der Waals surface area contributed by atoms with E-state index in [0.717, 1.165) is 0 Å². The molecule has 0 saturated heterocycles. The summed E-state index contributed by atoms with van der Waals surface area (Å²) in [7, 11) is 0. The summed E-state index contributed by atoms with van der Waals surface area (Å²) in [6.07, 6.45) is -3.18. The van der Waals surface area contributed by atoms with Crippen molar-refractivity contribution in [2.24, 2.45) is 5.73 Å². The van der Waals surface area contributed by atoms with E-state index < -0.39 is 12.4 Å². The van der Waals surface area contributed by atoms with Gasteiger partial charge in [-0.25, -0.2) is 4.98 Å². The number of hydrogen-bond acceptors (Lipinski definition) is 4. The zero-order valence-electron chi connectivity index (χ0n) is 10.7. The quantitative estimate of drug-likeness (QED) is 0.912. The third-order valence-electron chi connectivity index (χ3n) is 2.68. The summed E-state index contributed by atoms with van der Waals surface area (Å²) in [4.78, 5) is 3.92. The van der Waals surface area contributed by atoms with Crippen molar-refractivity contribution in [1.29, 1.82) is 0 Å². The lowest BCUT2D eigenvalue weighted by molar-refractivity contribution is -0.274. The molecule has 0 aliphatic rings. The van der Waals surface area contributed by atoms with Crippen LogP contribution in [-0.4, -0.2) is 11.3 Å². The molecule has 0 radical (unpaired) electrons. The molecule has 0 aliphatic carbocycles. The Labute approximate surface area is 125 Å². The van der Waals surface area contributed by atoms with Gasteiger partial charge in [-0.3, -0.25) is 0 Å². The first-order chi connectivity index (χ1) is 9.37. The molecule has 1 heterocycles. The molecule has 0 amide bonds. The van der Waals surface area contributed by atoms with Gasteiger partial charge in [0.1, 0.15) is 11.6 Å². The number of rotatable bonds is 3. The van der Waals surface area contributed by atoms with E-state index in [1.807, 2.05) is 0 Å². The van der Waals surface area contributed by atoms with E-state index in [4.69, 9.17) is 11.5 Å². The average Bonchev–Trinajstić information content (AvgIpc) is 2.37. The summed E-state index contributed by atoms with van der Waals surface area (Å²) in [6.45, 7) is 0. The minimum atomic E-state index is -4.71. The number of nitrogen functional groups attached to an aromatic ring is 1. The predicted molar refractivity (Wildman–Crippen MR) is 75.1 cm³/mol. The maximum Gasteiger partial charge on any atom is 0.573 e. The Bertz CT molecular complexity index is 590. The van der Waals surface area contributed by atoms with E-state index in [0.29, 0.717) is 11.1 Å². The lowest BCUT2D eigenvalue weighted by Gasteiger charge is -2.15. The molecule has 0 bridgehead atoms. The molecule has 0 unspecified atom stereocenters. The zero-order valence-corrected chi connectivity index (χ0v) is 11.5. The number of anilines is 1. The molecule has 2 rings (SSSR count). The minimum Gasteiger partial charge on any atom is -0.406 e. The normalized spacial score (nSPS) is 12.4. The molecule has 8 heteroatoms. The first kappa shape index (κ1) is 17.1. The Hall–Kier alpha value is -1.99. The molecule has 4 nitrogen and oxygen atoms in total. The monoisotopic (exact) mass is 319 g/mol. The standard InChI is InChI=1S/C13H12F3N3O.ClH/c14-13(15,16)20-9-5-3-8(4-6-9)11(17)10-2-1-7-19-12(10)18;/h1-7,11H,17H2,(H2,18,19);1H/t11-;/m1./s1. The number of aromatic nitrogens is 1. The average molecular weight is 320 g/mol. The molecule has 2 aromatic rings. The Morgan fingerprint density at radius 2 is 1.71 bits per heavy atom. The van der Waals surface area contributed by atoms with Crippen LogP contribution in [0.2, 0.25) is 0 Å². The molecule has 1 atom stereocenters. The molecule has 1 aromatic carbocycles. The van der Waals surface area contributed by atoms with E-state index in [1.165, 1.54) is 30.5 Å². The van der Waals surface area contributed by atoms with Crippen LogP contribution in [0.1, 0.15) is 17.2 Å². The first-order valence-corrected chi connectivity index (χ1v) is 5.68. The fraction of sp³-hybridized carbons (Fsp3) is 0.154. The highest BCUT2D eigenvalue weighted by atomic mass is 35.5. The van der Waals surface area contributed by atoms with E-state index in [1.54, 1.807) is 12.1 Å². The van der Waals surface area contributed by atoms with Gasteiger partial charge in [0.15, 0.2) is 0 Å². The van der Waals surface area contributed by atoms with Crippen LogP contribution in [0.15, 0.2) is 42.6 Å². The van der Waals surface area contributed by atoms with Crippen LogP contribution in [0.5, 0.6) is 5.75 Å². The second-order valence-electron chi connectivity index (χ2n) is 4.07. The number of nitrogens with zero attached hydrogens (tertiary/aromatic N) is 1. The summed E-state index contributed by atoms with van der Waals surface area (Å²) in [5.41, 5.74) is 12.9. The minimum absolute atomic E-state index is 0. The van der Waals surface area contributed by atoms with Gasteiger partial charge < -0.3 is 16.2 Å². The van der Waals surface area contributed by atoms with Gasteiger partial charge in [-0.15, -0.1) is 25.6 Å². The summed E-state index contributed by atoms with van der Waals surface area (Å²) >= 11 is 0. The molecular weight excluding hydrogens is 307 g/mol. The van der Waals surface area contributed by atoms with Gasteiger partial charge in [0.25, 0.3) is 0 Å². The fourth-order valence-electron chi connectivity index (χ4n) is 1.75. The first-order valence-electron chi connectivity index (χ1n) is 5.68. The van der Waals surface area contributed by atoms with Gasteiger partial charge in [0.2, 0.25) is 0 Å². The van der Waals surface area contributed by atoms with Crippen LogP contribution in [0, 0.1) is 0 Å². The Morgan fingerprint density at radius 1 is 1.10 bits per heavy atom. The number of halogens is 4. The third kappa shape index (κ3) is 4.51. The summed E-state index contributed by atoms with van der Waals surface area (Å²) in [5.74, 6) is -0.0109. The van der Waals surface area contributed by atoms with Crippen LogP contribution in [-0.2, 0) is 0 Å². The van der Waals surface area contributed by atoms with Gasteiger partial charge >= 0.3 is 6.36 Å². The highest BCUT2D eigenvalue weighted by Gasteiger charge is 2.31.